The van der Waals surface area contributed by atoms with Crippen molar-refractivity contribution in [2.24, 2.45) is 0 Å². The van der Waals surface area contributed by atoms with Gasteiger partial charge in [-0.1, -0.05) is 41.9 Å². The summed E-state index contributed by atoms with van der Waals surface area (Å²) < 4.78 is 11.3. The van der Waals surface area contributed by atoms with Crippen LogP contribution in [0.1, 0.15) is 28.4 Å². The number of rotatable bonds is 8. The highest BCUT2D eigenvalue weighted by Gasteiger charge is 2.07. The number of ketones is 1. The van der Waals surface area contributed by atoms with Gasteiger partial charge in [-0.15, -0.1) is 0 Å². The predicted octanol–water partition coefficient (Wildman–Crippen LogP) is 5.78. The Balaban J connectivity index is 1.64. The van der Waals surface area contributed by atoms with Crippen LogP contribution in [0.3, 0.4) is 0 Å². The van der Waals surface area contributed by atoms with Gasteiger partial charge in [0.1, 0.15) is 6.61 Å². The zero-order valence-corrected chi connectivity index (χ0v) is 18.0. The summed E-state index contributed by atoms with van der Waals surface area (Å²) in [5.41, 5.74) is 2.87. The number of carbonyl (C=O) groups excluding carboxylic acids is 2. The van der Waals surface area contributed by atoms with Crippen LogP contribution in [0.2, 0.25) is 5.02 Å². The minimum Gasteiger partial charge on any atom is -0.493 e. The lowest BCUT2D eigenvalue weighted by atomic mass is 10.1. The molecule has 0 heterocycles. The Morgan fingerprint density at radius 3 is 2.48 bits per heavy atom. The minimum absolute atomic E-state index is 0.0582. The number of amides is 1. The van der Waals surface area contributed by atoms with Crippen LogP contribution in [0.5, 0.6) is 11.5 Å². The number of hydrogen-bond acceptors (Lipinski definition) is 4. The Morgan fingerprint density at radius 1 is 1.00 bits per heavy atom. The molecule has 0 spiro atoms. The maximum Gasteiger partial charge on any atom is 0.248 e. The van der Waals surface area contributed by atoms with Gasteiger partial charge in [-0.2, -0.15) is 0 Å². The van der Waals surface area contributed by atoms with Crippen LogP contribution in [0, 0.1) is 0 Å². The molecule has 0 fully saturated rings. The number of nitrogens with one attached hydrogen (secondary N) is 1. The molecule has 0 radical (unpaired) electrons. The Labute approximate surface area is 186 Å². The van der Waals surface area contributed by atoms with Crippen molar-refractivity contribution in [1.29, 1.82) is 0 Å². The standard InChI is InChI=1S/C25H22ClNO4/c1-17(28)20-4-3-5-22(15-20)27-25(29)13-9-18-8-12-23(24(14-18)30-2)31-16-19-6-10-21(26)11-7-19/h3-15H,16H2,1-2H3,(H,27,29). The van der Waals surface area contributed by atoms with E-state index >= 15 is 0 Å². The van der Waals surface area contributed by atoms with Gasteiger partial charge < -0.3 is 14.8 Å². The molecule has 0 atom stereocenters. The van der Waals surface area contributed by atoms with Crippen molar-refractivity contribution in [1.82, 2.24) is 0 Å². The van der Waals surface area contributed by atoms with E-state index in [1.165, 1.54) is 13.0 Å². The first-order valence-electron chi connectivity index (χ1n) is 9.60. The molecule has 0 aliphatic carbocycles. The second-order valence-corrected chi connectivity index (χ2v) is 7.22. The van der Waals surface area contributed by atoms with Gasteiger partial charge in [-0.05, 0) is 60.5 Å². The van der Waals surface area contributed by atoms with E-state index in [1.807, 2.05) is 30.3 Å². The average Bonchev–Trinajstić information content (AvgIpc) is 2.77. The number of halogens is 1. The van der Waals surface area contributed by atoms with Gasteiger partial charge >= 0.3 is 0 Å². The van der Waals surface area contributed by atoms with Crippen LogP contribution in [-0.4, -0.2) is 18.8 Å². The lowest BCUT2D eigenvalue weighted by Gasteiger charge is -2.11. The largest absolute Gasteiger partial charge is 0.493 e. The maximum absolute atomic E-state index is 12.2. The molecular formula is C25H22ClNO4. The lowest BCUT2D eigenvalue weighted by Crippen LogP contribution is -2.08. The number of anilines is 1. The molecule has 158 valence electrons. The molecule has 3 rings (SSSR count). The van der Waals surface area contributed by atoms with Gasteiger partial charge in [-0.3, -0.25) is 9.59 Å². The summed E-state index contributed by atoms with van der Waals surface area (Å²) >= 11 is 5.90. The zero-order chi connectivity index (χ0) is 22.2. The van der Waals surface area contributed by atoms with Crippen LogP contribution in [0.25, 0.3) is 6.08 Å². The summed E-state index contributed by atoms with van der Waals surface area (Å²) in [6.07, 6.45) is 3.10. The van der Waals surface area contributed by atoms with Crippen molar-refractivity contribution < 1.29 is 19.1 Å². The molecule has 0 aromatic heterocycles. The van der Waals surface area contributed by atoms with Crippen molar-refractivity contribution in [3.8, 4) is 11.5 Å². The quantitative estimate of drug-likeness (QED) is 0.359. The molecule has 0 saturated heterocycles. The summed E-state index contributed by atoms with van der Waals surface area (Å²) in [6.45, 7) is 1.86. The molecule has 0 aliphatic rings. The zero-order valence-electron chi connectivity index (χ0n) is 17.2. The SMILES string of the molecule is COc1cc(C=CC(=O)Nc2cccc(C(C)=O)c2)ccc1OCc1ccc(Cl)cc1. The Morgan fingerprint density at radius 2 is 1.77 bits per heavy atom. The van der Waals surface area contributed by atoms with Gasteiger partial charge in [0, 0.05) is 22.3 Å². The predicted molar refractivity (Wildman–Crippen MR) is 123 cm³/mol. The van der Waals surface area contributed by atoms with Crippen molar-refractivity contribution >= 4 is 35.1 Å². The van der Waals surface area contributed by atoms with E-state index in [-0.39, 0.29) is 11.7 Å². The number of benzene rings is 3. The summed E-state index contributed by atoms with van der Waals surface area (Å²) in [5.74, 6) is 0.797. The molecule has 0 aliphatic heterocycles. The third-order valence-electron chi connectivity index (χ3n) is 4.46. The van der Waals surface area contributed by atoms with Gasteiger partial charge in [0.15, 0.2) is 17.3 Å². The Bertz CT molecular complexity index is 1110. The first-order valence-corrected chi connectivity index (χ1v) is 9.98. The number of Topliss-reactive ketones (excluding diaryl/α,β-unsaturated/α-hetero) is 1. The van der Waals surface area contributed by atoms with Crippen LogP contribution >= 0.6 is 11.6 Å². The van der Waals surface area contributed by atoms with Crippen LogP contribution in [0.4, 0.5) is 5.69 Å². The fourth-order valence-electron chi connectivity index (χ4n) is 2.82. The molecule has 6 heteroatoms. The molecule has 0 unspecified atom stereocenters. The number of carbonyl (C=O) groups is 2. The molecule has 3 aromatic carbocycles. The minimum atomic E-state index is -0.303. The molecule has 0 saturated carbocycles. The molecule has 0 bridgehead atoms. The van der Waals surface area contributed by atoms with E-state index < -0.39 is 0 Å². The fraction of sp³-hybridized carbons (Fsp3) is 0.120. The topological polar surface area (TPSA) is 64.6 Å². The van der Waals surface area contributed by atoms with E-state index in [0.29, 0.717) is 34.4 Å². The summed E-state index contributed by atoms with van der Waals surface area (Å²) in [7, 11) is 1.56. The third kappa shape index (κ3) is 6.46. The van der Waals surface area contributed by atoms with E-state index in [1.54, 1.807) is 49.6 Å². The van der Waals surface area contributed by atoms with Crippen molar-refractivity contribution in [2.45, 2.75) is 13.5 Å². The van der Waals surface area contributed by atoms with Crippen LogP contribution < -0.4 is 14.8 Å². The van der Waals surface area contributed by atoms with E-state index in [0.717, 1.165) is 11.1 Å². The van der Waals surface area contributed by atoms with E-state index in [4.69, 9.17) is 21.1 Å². The third-order valence-corrected chi connectivity index (χ3v) is 4.71. The molecule has 3 aromatic rings. The van der Waals surface area contributed by atoms with Crippen LogP contribution in [0.15, 0.2) is 72.8 Å². The first-order chi connectivity index (χ1) is 14.9. The van der Waals surface area contributed by atoms with Crippen molar-refractivity contribution in [3.05, 3.63) is 94.5 Å². The molecule has 1 N–H and O–H groups in total. The maximum atomic E-state index is 12.2. The molecular weight excluding hydrogens is 414 g/mol. The van der Waals surface area contributed by atoms with E-state index in [9.17, 15) is 9.59 Å². The van der Waals surface area contributed by atoms with Gasteiger partial charge in [-0.25, -0.2) is 0 Å². The lowest BCUT2D eigenvalue weighted by molar-refractivity contribution is -0.111. The fourth-order valence-corrected chi connectivity index (χ4v) is 2.95. The van der Waals surface area contributed by atoms with Crippen molar-refractivity contribution in [3.63, 3.8) is 0 Å². The Hall–Kier alpha value is -3.57. The molecule has 31 heavy (non-hydrogen) atoms. The van der Waals surface area contributed by atoms with E-state index in [2.05, 4.69) is 5.32 Å². The summed E-state index contributed by atoms with van der Waals surface area (Å²) in [4.78, 5) is 23.7. The van der Waals surface area contributed by atoms with Gasteiger partial charge in [0.25, 0.3) is 0 Å². The number of methoxy groups -OCH3 is 1. The Kier molecular flexibility index (Phi) is 7.46. The highest BCUT2D eigenvalue weighted by Crippen LogP contribution is 2.29. The highest BCUT2D eigenvalue weighted by molar-refractivity contribution is 6.30. The van der Waals surface area contributed by atoms with Crippen molar-refractivity contribution in [2.75, 3.05) is 12.4 Å². The summed E-state index contributed by atoms with van der Waals surface area (Å²) in [5, 5.41) is 3.42. The average molecular weight is 436 g/mol. The number of ether oxygens (including phenoxy) is 2. The first kappa shape index (κ1) is 22.1. The van der Waals surface area contributed by atoms with Gasteiger partial charge in [0.2, 0.25) is 5.91 Å². The normalized spacial score (nSPS) is 10.7. The molecule has 1 amide bonds. The second kappa shape index (κ2) is 10.5. The smallest absolute Gasteiger partial charge is 0.248 e. The van der Waals surface area contributed by atoms with Gasteiger partial charge in [0.05, 0.1) is 7.11 Å². The van der Waals surface area contributed by atoms with Crippen LogP contribution in [-0.2, 0) is 11.4 Å². The second-order valence-electron chi connectivity index (χ2n) is 6.79. The monoisotopic (exact) mass is 435 g/mol. The summed E-state index contributed by atoms with van der Waals surface area (Å²) in [6, 6.07) is 19.6. The number of hydrogen-bond donors (Lipinski definition) is 1. The highest BCUT2D eigenvalue weighted by atomic mass is 35.5. The molecule has 5 nitrogen and oxygen atoms in total.